The molecule has 3 aromatic rings. The summed E-state index contributed by atoms with van der Waals surface area (Å²) in [6.45, 7) is 2.26. The first-order valence-electron chi connectivity index (χ1n) is 10.6. The number of carbonyl (C=O) groups excluding carboxylic acids is 2. The minimum Gasteiger partial charge on any atom is -0.494 e. The van der Waals surface area contributed by atoms with E-state index >= 15 is 0 Å². The van der Waals surface area contributed by atoms with Gasteiger partial charge in [-0.15, -0.1) is 0 Å². The second kappa shape index (κ2) is 9.56. The highest BCUT2D eigenvalue weighted by molar-refractivity contribution is 5.90. The Labute approximate surface area is 187 Å². The van der Waals surface area contributed by atoms with Gasteiger partial charge in [-0.05, 0) is 31.0 Å². The average Bonchev–Trinajstić information content (AvgIpc) is 2.82. The summed E-state index contributed by atoms with van der Waals surface area (Å²) >= 11 is 0. The number of benzene rings is 3. The molecule has 0 saturated carbocycles. The fraction of sp³-hybridized carbons (Fsp3) is 0.231. The highest BCUT2D eigenvalue weighted by Gasteiger charge is 2.45. The summed E-state index contributed by atoms with van der Waals surface area (Å²) in [5.41, 5.74) is 2.07. The van der Waals surface area contributed by atoms with Gasteiger partial charge in [-0.1, -0.05) is 60.7 Å². The van der Waals surface area contributed by atoms with Crippen LogP contribution in [-0.2, 0) is 19.9 Å². The van der Waals surface area contributed by atoms with Gasteiger partial charge >= 0.3 is 12.1 Å². The number of anilines is 1. The summed E-state index contributed by atoms with van der Waals surface area (Å²) in [6, 6.07) is 25.0. The van der Waals surface area contributed by atoms with Crippen LogP contribution in [0.4, 0.5) is 10.5 Å². The maximum absolute atomic E-state index is 12.6. The third kappa shape index (κ3) is 4.44. The van der Waals surface area contributed by atoms with Crippen LogP contribution in [0.5, 0.6) is 5.75 Å². The van der Waals surface area contributed by atoms with E-state index in [-0.39, 0.29) is 5.97 Å². The van der Waals surface area contributed by atoms with E-state index in [0.717, 1.165) is 29.5 Å². The van der Waals surface area contributed by atoms with E-state index in [1.807, 2.05) is 78.9 Å². The molecule has 1 N–H and O–H groups in total. The molecule has 0 atom stereocenters. The normalized spacial score (nSPS) is 14.0. The standard InChI is InChI=1S/C26H25NO5/c1-19(28)30-16-8-9-17-31-22-14-15-24-23(18-22)26(32-25(29)27-24,20-10-4-2-5-11-20)21-12-6-3-7-13-21/h2-7,10-15,18H,8-9,16-17H2,1H3,(H,27,29). The van der Waals surface area contributed by atoms with E-state index in [0.29, 0.717) is 24.7 Å². The van der Waals surface area contributed by atoms with Gasteiger partial charge < -0.3 is 14.2 Å². The zero-order valence-electron chi connectivity index (χ0n) is 17.9. The summed E-state index contributed by atoms with van der Waals surface area (Å²) in [5, 5.41) is 2.81. The number of rotatable bonds is 8. The van der Waals surface area contributed by atoms with E-state index in [1.165, 1.54) is 6.92 Å². The lowest BCUT2D eigenvalue weighted by atomic mass is 9.78. The lowest BCUT2D eigenvalue weighted by molar-refractivity contribution is -0.141. The Kier molecular flexibility index (Phi) is 6.40. The van der Waals surface area contributed by atoms with Crippen LogP contribution >= 0.6 is 0 Å². The second-order valence-electron chi connectivity index (χ2n) is 7.53. The van der Waals surface area contributed by atoms with Crippen molar-refractivity contribution in [2.75, 3.05) is 18.5 Å². The monoisotopic (exact) mass is 431 g/mol. The van der Waals surface area contributed by atoms with E-state index in [1.54, 1.807) is 0 Å². The largest absolute Gasteiger partial charge is 0.494 e. The number of unbranched alkanes of at least 4 members (excludes halogenated alkanes) is 1. The van der Waals surface area contributed by atoms with Gasteiger partial charge in [-0.3, -0.25) is 10.1 Å². The summed E-state index contributed by atoms with van der Waals surface area (Å²) in [6.07, 6.45) is 0.964. The molecule has 164 valence electrons. The molecule has 32 heavy (non-hydrogen) atoms. The van der Waals surface area contributed by atoms with Crippen molar-refractivity contribution in [2.45, 2.75) is 25.4 Å². The SMILES string of the molecule is CC(=O)OCCCCOc1ccc2c(c1)C(c1ccccc1)(c1ccccc1)OC(=O)N2. The molecule has 3 aromatic carbocycles. The van der Waals surface area contributed by atoms with Crippen LogP contribution < -0.4 is 10.1 Å². The molecular weight excluding hydrogens is 406 g/mol. The smallest absolute Gasteiger partial charge is 0.413 e. The first-order valence-corrected chi connectivity index (χ1v) is 10.6. The predicted molar refractivity (Wildman–Crippen MR) is 121 cm³/mol. The first kappa shape index (κ1) is 21.4. The Morgan fingerprint density at radius 1 is 0.906 bits per heavy atom. The van der Waals surface area contributed by atoms with Crippen molar-refractivity contribution in [1.82, 2.24) is 0 Å². The molecular formula is C26H25NO5. The molecule has 0 aromatic heterocycles. The number of ether oxygens (including phenoxy) is 3. The van der Waals surface area contributed by atoms with Crippen molar-refractivity contribution in [2.24, 2.45) is 0 Å². The number of nitrogens with one attached hydrogen (secondary N) is 1. The second-order valence-corrected chi connectivity index (χ2v) is 7.53. The van der Waals surface area contributed by atoms with Crippen molar-refractivity contribution in [1.29, 1.82) is 0 Å². The van der Waals surface area contributed by atoms with E-state index < -0.39 is 11.7 Å². The third-order valence-corrected chi connectivity index (χ3v) is 5.33. The van der Waals surface area contributed by atoms with Gasteiger partial charge in [-0.2, -0.15) is 0 Å². The van der Waals surface area contributed by atoms with Gasteiger partial charge in [0.15, 0.2) is 5.60 Å². The van der Waals surface area contributed by atoms with E-state index in [4.69, 9.17) is 14.2 Å². The lowest BCUT2D eigenvalue weighted by Crippen LogP contribution is -2.41. The van der Waals surface area contributed by atoms with Gasteiger partial charge in [0.1, 0.15) is 5.75 Å². The maximum Gasteiger partial charge on any atom is 0.413 e. The fourth-order valence-electron chi connectivity index (χ4n) is 3.89. The minimum absolute atomic E-state index is 0.277. The fourth-order valence-corrected chi connectivity index (χ4v) is 3.89. The average molecular weight is 431 g/mol. The van der Waals surface area contributed by atoms with Crippen LogP contribution in [0.25, 0.3) is 0 Å². The Morgan fingerprint density at radius 3 is 2.16 bits per heavy atom. The van der Waals surface area contributed by atoms with Crippen LogP contribution in [0.2, 0.25) is 0 Å². The van der Waals surface area contributed by atoms with Gasteiger partial charge in [0.2, 0.25) is 0 Å². The van der Waals surface area contributed by atoms with Crippen LogP contribution in [0, 0.1) is 0 Å². The molecule has 0 fully saturated rings. The van der Waals surface area contributed by atoms with Crippen molar-refractivity contribution >= 4 is 17.7 Å². The zero-order chi connectivity index (χ0) is 22.4. The van der Waals surface area contributed by atoms with Crippen molar-refractivity contribution in [3.05, 3.63) is 95.6 Å². The zero-order valence-corrected chi connectivity index (χ0v) is 17.9. The molecule has 0 bridgehead atoms. The molecule has 0 saturated heterocycles. The van der Waals surface area contributed by atoms with Crippen LogP contribution in [0.3, 0.4) is 0 Å². The number of hydrogen-bond acceptors (Lipinski definition) is 5. The van der Waals surface area contributed by atoms with Crippen LogP contribution in [-0.4, -0.2) is 25.3 Å². The van der Waals surface area contributed by atoms with Crippen LogP contribution in [0.1, 0.15) is 36.5 Å². The van der Waals surface area contributed by atoms with Gasteiger partial charge in [0, 0.05) is 23.6 Å². The highest BCUT2D eigenvalue weighted by Crippen LogP contribution is 2.47. The molecule has 4 rings (SSSR count). The molecule has 1 heterocycles. The summed E-state index contributed by atoms with van der Waals surface area (Å²) < 4.78 is 17.0. The first-order chi connectivity index (χ1) is 15.6. The molecule has 6 nitrogen and oxygen atoms in total. The van der Waals surface area contributed by atoms with E-state index in [9.17, 15) is 9.59 Å². The number of amides is 1. The molecule has 1 aliphatic heterocycles. The Hall–Kier alpha value is -3.80. The van der Waals surface area contributed by atoms with Gasteiger partial charge in [-0.25, -0.2) is 4.79 Å². The van der Waals surface area contributed by atoms with Gasteiger partial charge in [0.05, 0.1) is 18.9 Å². The van der Waals surface area contributed by atoms with Gasteiger partial charge in [0.25, 0.3) is 0 Å². The lowest BCUT2D eigenvalue weighted by Gasteiger charge is -2.39. The maximum atomic E-state index is 12.6. The minimum atomic E-state index is -1.10. The highest BCUT2D eigenvalue weighted by atomic mass is 16.6. The van der Waals surface area contributed by atoms with Crippen molar-refractivity contribution in [3.63, 3.8) is 0 Å². The molecule has 0 spiro atoms. The molecule has 0 aliphatic carbocycles. The number of esters is 1. The number of hydrogen-bond donors (Lipinski definition) is 1. The number of fused-ring (bicyclic) bond motifs is 1. The number of carbonyl (C=O) groups is 2. The molecule has 0 radical (unpaired) electrons. The van der Waals surface area contributed by atoms with Crippen molar-refractivity contribution in [3.8, 4) is 5.75 Å². The van der Waals surface area contributed by atoms with Crippen LogP contribution in [0.15, 0.2) is 78.9 Å². The summed E-state index contributed by atoms with van der Waals surface area (Å²) in [7, 11) is 0. The predicted octanol–water partition coefficient (Wildman–Crippen LogP) is 5.26. The third-order valence-electron chi connectivity index (χ3n) is 5.33. The molecule has 1 amide bonds. The topological polar surface area (TPSA) is 73.9 Å². The summed E-state index contributed by atoms with van der Waals surface area (Å²) in [4.78, 5) is 23.5. The quantitative estimate of drug-likeness (QED) is 0.389. The number of cyclic esters (lactones) is 1. The Morgan fingerprint density at radius 2 is 1.53 bits per heavy atom. The van der Waals surface area contributed by atoms with E-state index in [2.05, 4.69) is 5.32 Å². The van der Waals surface area contributed by atoms with Crippen molar-refractivity contribution < 1.29 is 23.8 Å². The molecule has 1 aliphatic rings. The Bertz CT molecular complexity index is 1040. The molecule has 6 heteroatoms. The molecule has 0 unspecified atom stereocenters. The Balaban J connectivity index is 1.67. The summed E-state index contributed by atoms with van der Waals surface area (Å²) in [5.74, 6) is 0.396.